The fourth-order valence-electron chi connectivity index (χ4n) is 1.20. The van der Waals surface area contributed by atoms with E-state index in [2.05, 4.69) is 0 Å². The van der Waals surface area contributed by atoms with Crippen molar-refractivity contribution in [1.82, 2.24) is 0 Å². The van der Waals surface area contributed by atoms with E-state index in [-0.39, 0.29) is 0 Å². The molecule has 0 amide bonds. The Morgan fingerprint density at radius 2 is 1.93 bits per heavy atom. The summed E-state index contributed by atoms with van der Waals surface area (Å²) in [6, 6.07) is 10.0. The Hall–Kier alpha value is -1.57. The maximum atomic E-state index is 10.0. The van der Waals surface area contributed by atoms with Crippen LogP contribution in [0, 0.1) is 0 Å². The van der Waals surface area contributed by atoms with E-state index < -0.39 is 0 Å². The van der Waals surface area contributed by atoms with Gasteiger partial charge in [-0.15, -0.1) is 0 Å². The monoisotopic (exact) mass is 190 g/mol. The molecule has 0 N–H and O–H groups in total. The lowest BCUT2D eigenvalue weighted by atomic mass is 10.0. The Balaban J connectivity index is 2.81. The summed E-state index contributed by atoms with van der Waals surface area (Å²) in [7, 11) is 0. The molecule has 1 aromatic rings. The fraction of sp³-hybridized carbons (Fsp3) is 0.250. The van der Waals surface area contributed by atoms with Crippen molar-refractivity contribution in [2.24, 2.45) is 0 Å². The molecule has 0 bridgehead atoms. The van der Waals surface area contributed by atoms with E-state index in [0.29, 0.717) is 13.1 Å². The lowest BCUT2D eigenvalue weighted by molar-refractivity contribution is -0.127. The fourth-order valence-corrected chi connectivity index (χ4v) is 1.20. The molecule has 1 rings (SSSR count). The van der Waals surface area contributed by atoms with E-state index >= 15 is 0 Å². The van der Waals surface area contributed by atoms with E-state index in [0.717, 1.165) is 11.1 Å². The first kappa shape index (κ1) is 10.5. The van der Waals surface area contributed by atoms with Gasteiger partial charge in [0, 0.05) is 0 Å². The third-order valence-electron chi connectivity index (χ3n) is 2.21. The van der Waals surface area contributed by atoms with E-state index in [1.165, 1.54) is 5.56 Å². The van der Waals surface area contributed by atoms with Gasteiger partial charge in [0.2, 0.25) is 0 Å². The lowest BCUT2D eigenvalue weighted by Crippen LogP contribution is -1.95. The second-order valence-electron chi connectivity index (χ2n) is 3.18. The van der Waals surface area contributed by atoms with Crippen LogP contribution in [0.5, 0.6) is 0 Å². The predicted octanol–water partition coefficient (Wildman–Crippen LogP) is 2.65. The van der Waals surface area contributed by atoms with Crippen molar-refractivity contribution >= 4 is 12.0 Å². The molecule has 0 saturated carbocycles. The lowest BCUT2D eigenvalue weighted by Gasteiger charge is -2.06. The van der Waals surface area contributed by atoms with Gasteiger partial charge >= 0.3 is 0 Å². The Kier molecular flexibility index (Phi) is 3.92. The minimum Gasteiger partial charge on any atom is -0.463 e. The molecule has 0 fully saturated rings. The van der Waals surface area contributed by atoms with Gasteiger partial charge in [-0.3, -0.25) is 4.79 Å². The number of hydrogen-bond acceptors (Lipinski definition) is 2. The average Bonchev–Trinajstić information content (AvgIpc) is 2.26. The van der Waals surface area contributed by atoms with Gasteiger partial charge in [0.1, 0.15) is 6.61 Å². The number of benzene rings is 1. The summed E-state index contributed by atoms with van der Waals surface area (Å²) in [5, 5.41) is 0. The highest BCUT2D eigenvalue weighted by atomic mass is 16.5. The summed E-state index contributed by atoms with van der Waals surface area (Å²) in [5.74, 6) is 0. The van der Waals surface area contributed by atoms with Gasteiger partial charge in [0.05, 0.1) is 0 Å². The van der Waals surface area contributed by atoms with Crippen LogP contribution < -0.4 is 0 Å². The van der Waals surface area contributed by atoms with Crippen LogP contribution in [0.4, 0.5) is 0 Å². The van der Waals surface area contributed by atoms with Gasteiger partial charge in [-0.1, -0.05) is 30.3 Å². The van der Waals surface area contributed by atoms with Crippen LogP contribution in [0.1, 0.15) is 19.4 Å². The molecular weight excluding hydrogens is 176 g/mol. The first-order valence-electron chi connectivity index (χ1n) is 4.52. The van der Waals surface area contributed by atoms with Crippen molar-refractivity contribution in [2.45, 2.75) is 13.8 Å². The van der Waals surface area contributed by atoms with Gasteiger partial charge < -0.3 is 4.74 Å². The summed E-state index contributed by atoms with van der Waals surface area (Å²) in [4.78, 5) is 10.0. The van der Waals surface area contributed by atoms with Crippen LogP contribution >= 0.6 is 0 Å². The molecule has 2 heteroatoms. The third kappa shape index (κ3) is 2.73. The summed E-state index contributed by atoms with van der Waals surface area (Å²) in [6.07, 6.45) is 0. The molecule has 0 radical (unpaired) electrons. The van der Waals surface area contributed by atoms with Crippen LogP contribution in [0.2, 0.25) is 0 Å². The summed E-state index contributed by atoms with van der Waals surface area (Å²) < 4.78 is 4.70. The van der Waals surface area contributed by atoms with Crippen molar-refractivity contribution < 1.29 is 9.53 Å². The molecule has 0 aliphatic heterocycles. The molecular formula is C12H14O2. The smallest absolute Gasteiger partial charge is 0.293 e. The van der Waals surface area contributed by atoms with Crippen LogP contribution in [0.15, 0.2) is 35.9 Å². The van der Waals surface area contributed by atoms with E-state index in [4.69, 9.17) is 4.74 Å². The highest BCUT2D eigenvalue weighted by Gasteiger charge is 1.99. The second kappa shape index (κ2) is 5.22. The van der Waals surface area contributed by atoms with Crippen LogP contribution in [-0.2, 0) is 9.53 Å². The minimum absolute atomic E-state index is 0.365. The molecule has 0 unspecified atom stereocenters. The van der Waals surface area contributed by atoms with Gasteiger partial charge in [-0.2, -0.15) is 0 Å². The average molecular weight is 190 g/mol. The third-order valence-corrected chi connectivity index (χ3v) is 2.21. The maximum absolute atomic E-state index is 10.0. The topological polar surface area (TPSA) is 26.3 Å². The van der Waals surface area contributed by atoms with Gasteiger partial charge in [-0.05, 0) is 30.6 Å². The van der Waals surface area contributed by atoms with Gasteiger partial charge in [-0.25, -0.2) is 0 Å². The molecule has 0 aromatic heterocycles. The summed E-state index contributed by atoms with van der Waals surface area (Å²) in [6.45, 7) is 4.83. The Bertz CT molecular complexity index is 325. The largest absolute Gasteiger partial charge is 0.463 e. The molecule has 0 heterocycles. The Morgan fingerprint density at radius 1 is 1.29 bits per heavy atom. The van der Waals surface area contributed by atoms with Crippen molar-refractivity contribution in [3.63, 3.8) is 0 Å². The van der Waals surface area contributed by atoms with E-state index in [9.17, 15) is 4.79 Å². The number of ether oxygens (including phenoxy) is 1. The quantitative estimate of drug-likeness (QED) is 0.682. The molecule has 2 nitrogen and oxygen atoms in total. The second-order valence-corrected chi connectivity index (χ2v) is 3.18. The zero-order chi connectivity index (χ0) is 10.4. The molecule has 0 saturated heterocycles. The molecule has 0 atom stereocenters. The normalized spacial score (nSPS) is 11.9. The highest BCUT2D eigenvalue weighted by Crippen LogP contribution is 2.17. The van der Waals surface area contributed by atoms with Gasteiger partial charge in [0.25, 0.3) is 6.47 Å². The highest BCUT2D eigenvalue weighted by molar-refractivity contribution is 5.66. The number of rotatable bonds is 4. The molecule has 74 valence electrons. The van der Waals surface area contributed by atoms with E-state index in [1.807, 2.05) is 44.2 Å². The molecule has 1 aromatic carbocycles. The molecule has 0 spiro atoms. The van der Waals surface area contributed by atoms with Crippen LogP contribution in [0.25, 0.3) is 5.57 Å². The van der Waals surface area contributed by atoms with Crippen molar-refractivity contribution in [3.8, 4) is 0 Å². The van der Waals surface area contributed by atoms with Crippen molar-refractivity contribution in [3.05, 3.63) is 41.5 Å². The van der Waals surface area contributed by atoms with Gasteiger partial charge in [0.15, 0.2) is 0 Å². The van der Waals surface area contributed by atoms with Crippen LogP contribution in [-0.4, -0.2) is 13.1 Å². The summed E-state index contributed by atoms with van der Waals surface area (Å²) in [5.41, 5.74) is 3.40. The number of allylic oxidation sites excluding steroid dienone is 1. The number of carbonyl (C=O) groups excluding carboxylic acids is 1. The maximum Gasteiger partial charge on any atom is 0.293 e. The molecule has 0 aliphatic rings. The van der Waals surface area contributed by atoms with Crippen molar-refractivity contribution in [2.75, 3.05) is 6.61 Å². The zero-order valence-electron chi connectivity index (χ0n) is 8.49. The summed E-state index contributed by atoms with van der Waals surface area (Å²) >= 11 is 0. The standard InChI is InChI=1S/C12H14O2/c1-10(8-14-9-13)11(2)12-6-4-3-5-7-12/h3-7,9H,8H2,1-2H3/b11-10+. The number of hydrogen-bond donors (Lipinski definition) is 0. The van der Waals surface area contributed by atoms with Crippen LogP contribution in [0.3, 0.4) is 0 Å². The molecule has 14 heavy (non-hydrogen) atoms. The first-order valence-corrected chi connectivity index (χ1v) is 4.52. The number of carbonyl (C=O) groups is 1. The SMILES string of the molecule is C/C(COC=O)=C(/C)c1ccccc1. The minimum atomic E-state index is 0.365. The molecule has 0 aliphatic carbocycles. The zero-order valence-corrected chi connectivity index (χ0v) is 8.49. The van der Waals surface area contributed by atoms with Crippen molar-refractivity contribution in [1.29, 1.82) is 0 Å². The predicted molar refractivity (Wildman–Crippen MR) is 56.7 cm³/mol. The Labute approximate surface area is 84.2 Å². The Morgan fingerprint density at radius 3 is 2.50 bits per heavy atom. The first-order chi connectivity index (χ1) is 6.75. The van der Waals surface area contributed by atoms with E-state index in [1.54, 1.807) is 0 Å².